The van der Waals surface area contributed by atoms with Gasteiger partial charge < -0.3 is 10.3 Å². The number of benzene rings is 1. The molecule has 0 saturated carbocycles. The van der Waals surface area contributed by atoms with Crippen molar-refractivity contribution < 1.29 is 8.94 Å². The molecule has 2 nitrogen and oxygen atoms in total. The molecule has 0 heterocycles. The highest BCUT2D eigenvalue weighted by Gasteiger charge is 1.91. The van der Waals surface area contributed by atoms with E-state index < -0.39 is 0 Å². The molecule has 0 radical (unpaired) electrons. The van der Waals surface area contributed by atoms with Crippen LogP contribution in [0.15, 0.2) is 24.3 Å². The fourth-order valence-corrected chi connectivity index (χ4v) is 0.997. The lowest BCUT2D eigenvalue weighted by molar-refractivity contribution is 0.627. The van der Waals surface area contributed by atoms with E-state index in [2.05, 4.69) is 5.73 Å². The van der Waals surface area contributed by atoms with E-state index in [4.69, 9.17) is 4.55 Å². The van der Waals surface area contributed by atoms with Gasteiger partial charge in [0, 0.05) is 5.75 Å². The van der Waals surface area contributed by atoms with E-state index in [1.54, 1.807) is 12.1 Å². The van der Waals surface area contributed by atoms with Crippen LogP contribution in [0.2, 0.25) is 0 Å². The molecule has 0 aliphatic carbocycles. The summed E-state index contributed by atoms with van der Waals surface area (Å²) in [6, 6.07) is 6.06. The van der Waals surface area contributed by atoms with Gasteiger partial charge in [-0.1, -0.05) is 12.1 Å². The zero-order chi connectivity index (χ0) is 9.40. The Morgan fingerprint density at radius 3 is 2.25 bits per heavy atom. The highest BCUT2D eigenvalue weighted by molar-refractivity contribution is 7.92. The van der Waals surface area contributed by atoms with Crippen LogP contribution in [0.5, 0.6) is 0 Å². The van der Waals surface area contributed by atoms with Crippen molar-refractivity contribution in [2.45, 2.75) is 5.75 Å². The molecule has 1 aromatic rings. The van der Waals surface area contributed by atoms with Crippen LogP contribution in [0.3, 0.4) is 0 Å². The van der Waals surface area contributed by atoms with Gasteiger partial charge in [0.15, 0.2) is 0 Å². The van der Waals surface area contributed by atoms with Crippen LogP contribution in [0.25, 0.3) is 0 Å². The Kier molecular flexibility index (Phi) is 6.75. The van der Waals surface area contributed by atoms with E-state index in [-0.39, 0.29) is 5.82 Å². The van der Waals surface area contributed by atoms with Gasteiger partial charge in [0.2, 0.25) is 0 Å². The van der Waals surface area contributed by atoms with Crippen molar-refractivity contribution in [3.05, 3.63) is 35.6 Å². The smallest absolute Gasteiger partial charge is 0.123 e. The fraction of sp³-hybridized carbons (Fsp3) is 0.250. The molecule has 12 heavy (non-hydrogen) atoms. The summed E-state index contributed by atoms with van der Waals surface area (Å²) < 4.78 is 20.7. The first-order chi connectivity index (χ1) is 5.83. The van der Waals surface area contributed by atoms with E-state index >= 15 is 0 Å². The summed E-state index contributed by atoms with van der Waals surface area (Å²) in [5.41, 5.74) is 5.42. The van der Waals surface area contributed by atoms with Crippen molar-refractivity contribution >= 4 is 12.0 Å². The summed E-state index contributed by atoms with van der Waals surface area (Å²) in [5.74, 6) is 0.270. The standard InChI is InChI=1S/C7H7FOS.CH5N/c8-7-3-1-6(2-4-7)5-10-9;1-2/h1-4,9H,5H2;2H2,1H3. The molecule has 0 saturated heterocycles. The maximum absolute atomic E-state index is 12.3. The molecule has 1 aromatic carbocycles. The maximum Gasteiger partial charge on any atom is 0.123 e. The Morgan fingerprint density at radius 1 is 1.33 bits per heavy atom. The molecular weight excluding hydrogens is 177 g/mol. The quantitative estimate of drug-likeness (QED) is 0.700. The summed E-state index contributed by atoms with van der Waals surface area (Å²) in [6.45, 7) is 0. The number of hydrogen-bond acceptors (Lipinski definition) is 3. The second-order valence-corrected chi connectivity index (χ2v) is 2.45. The molecule has 3 N–H and O–H groups in total. The van der Waals surface area contributed by atoms with Crippen LogP contribution in [-0.4, -0.2) is 11.6 Å². The molecule has 0 unspecified atom stereocenters. The Balaban J connectivity index is 0.000000561. The molecule has 0 spiro atoms. The average molecular weight is 189 g/mol. The van der Waals surface area contributed by atoms with Gasteiger partial charge in [-0.15, -0.1) is 0 Å². The lowest BCUT2D eigenvalue weighted by atomic mass is 10.2. The largest absolute Gasteiger partial charge is 0.333 e. The average Bonchev–Trinajstić information content (AvgIpc) is 2.13. The minimum Gasteiger partial charge on any atom is -0.333 e. The second kappa shape index (κ2) is 7.09. The highest BCUT2D eigenvalue weighted by atomic mass is 32.2. The lowest BCUT2D eigenvalue weighted by Gasteiger charge is -1.94. The Hall–Kier alpha value is -0.580. The van der Waals surface area contributed by atoms with Crippen molar-refractivity contribution in [1.29, 1.82) is 0 Å². The van der Waals surface area contributed by atoms with Gasteiger partial charge in [0.05, 0.1) is 0 Å². The molecule has 1 rings (SSSR count). The van der Waals surface area contributed by atoms with Crippen molar-refractivity contribution in [3.63, 3.8) is 0 Å². The zero-order valence-electron chi connectivity index (χ0n) is 6.83. The van der Waals surface area contributed by atoms with Crippen molar-refractivity contribution in [2.75, 3.05) is 7.05 Å². The summed E-state index contributed by atoms with van der Waals surface area (Å²) in [4.78, 5) is 0. The summed E-state index contributed by atoms with van der Waals surface area (Å²) in [5, 5.41) is 0. The molecule has 0 aliphatic heterocycles. The minimum atomic E-state index is -0.244. The molecule has 0 aromatic heterocycles. The molecule has 0 bridgehead atoms. The van der Waals surface area contributed by atoms with Crippen LogP contribution < -0.4 is 5.73 Å². The van der Waals surface area contributed by atoms with E-state index in [0.717, 1.165) is 17.6 Å². The first-order valence-corrected chi connectivity index (χ1v) is 4.36. The topological polar surface area (TPSA) is 46.2 Å². The first kappa shape index (κ1) is 11.4. The third-order valence-electron chi connectivity index (χ3n) is 1.14. The Labute approximate surface area is 75.8 Å². The molecule has 68 valence electrons. The molecule has 0 aliphatic rings. The van der Waals surface area contributed by atoms with E-state index in [9.17, 15) is 4.39 Å². The number of hydrogen-bond donors (Lipinski definition) is 2. The number of nitrogens with two attached hydrogens (primary N) is 1. The first-order valence-electron chi connectivity index (χ1n) is 3.41. The van der Waals surface area contributed by atoms with Crippen LogP contribution in [0.1, 0.15) is 5.56 Å². The maximum atomic E-state index is 12.3. The van der Waals surface area contributed by atoms with Crippen molar-refractivity contribution in [3.8, 4) is 0 Å². The predicted octanol–water partition coefficient (Wildman–Crippen LogP) is 2.11. The van der Waals surface area contributed by atoms with E-state index in [1.165, 1.54) is 19.2 Å². The second-order valence-electron chi connectivity index (χ2n) is 1.90. The van der Waals surface area contributed by atoms with E-state index in [0.29, 0.717) is 5.75 Å². The van der Waals surface area contributed by atoms with Gasteiger partial charge >= 0.3 is 0 Å². The van der Waals surface area contributed by atoms with Gasteiger partial charge in [-0.2, -0.15) is 0 Å². The van der Waals surface area contributed by atoms with Crippen molar-refractivity contribution in [1.82, 2.24) is 0 Å². The van der Waals surface area contributed by atoms with Crippen LogP contribution in [0.4, 0.5) is 4.39 Å². The summed E-state index contributed by atoms with van der Waals surface area (Å²) >= 11 is 0.738. The fourth-order valence-electron chi connectivity index (χ4n) is 0.655. The Bertz CT molecular complexity index is 203. The Morgan fingerprint density at radius 2 is 1.83 bits per heavy atom. The van der Waals surface area contributed by atoms with Crippen molar-refractivity contribution in [2.24, 2.45) is 5.73 Å². The zero-order valence-corrected chi connectivity index (χ0v) is 7.64. The minimum absolute atomic E-state index is 0.244. The van der Waals surface area contributed by atoms with Crippen LogP contribution >= 0.6 is 12.0 Å². The normalized spacial score (nSPS) is 8.67. The van der Waals surface area contributed by atoms with E-state index in [1.807, 2.05) is 0 Å². The van der Waals surface area contributed by atoms with Gasteiger partial charge in [0.1, 0.15) is 5.82 Å². The number of rotatable bonds is 2. The summed E-state index contributed by atoms with van der Waals surface area (Å²) in [7, 11) is 1.50. The van der Waals surface area contributed by atoms with Gasteiger partial charge in [-0.05, 0) is 36.8 Å². The van der Waals surface area contributed by atoms with Gasteiger partial charge in [-0.25, -0.2) is 4.39 Å². The van der Waals surface area contributed by atoms with Gasteiger partial charge in [-0.3, -0.25) is 0 Å². The van der Waals surface area contributed by atoms with Crippen LogP contribution in [0, 0.1) is 5.82 Å². The number of halogens is 1. The third kappa shape index (κ3) is 4.33. The predicted molar refractivity (Wildman–Crippen MR) is 50.4 cm³/mol. The van der Waals surface area contributed by atoms with Crippen LogP contribution in [-0.2, 0) is 5.75 Å². The SMILES string of the molecule is CN.OSCc1ccc(F)cc1. The lowest BCUT2D eigenvalue weighted by Crippen LogP contribution is -1.79. The molecule has 0 fully saturated rings. The molecule has 4 heteroatoms. The van der Waals surface area contributed by atoms with Gasteiger partial charge in [0.25, 0.3) is 0 Å². The molecular formula is C8H12FNOS. The molecule has 0 amide bonds. The monoisotopic (exact) mass is 189 g/mol. The molecule has 0 atom stereocenters. The summed E-state index contributed by atoms with van der Waals surface area (Å²) in [6.07, 6.45) is 0. The highest BCUT2D eigenvalue weighted by Crippen LogP contribution is 2.08. The third-order valence-corrected chi connectivity index (χ3v) is 1.61.